The summed E-state index contributed by atoms with van der Waals surface area (Å²) in [4.78, 5) is 5.10. The van der Waals surface area contributed by atoms with Crippen molar-refractivity contribution in [1.29, 1.82) is 0 Å². The first kappa shape index (κ1) is 12.9. The Morgan fingerprint density at radius 2 is 1.95 bits per heavy atom. The molecule has 0 saturated heterocycles. The minimum atomic E-state index is 0.741. The Morgan fingerprint density at radius 3 is 2.70 bits per heavy atom. The number of fused-ring (bicyclic) bond motifs is 1. The Morgan fingerprint density at radius 1 is 1.15 bits per heavy atom. The number of nitrogens with one attached hydrogen (secondary N) is 1. The number of aromatic nitrogens is 2. The van der Waals surface area contributed by atoms with Gasteiger partial charge in [0.2, 0.25) is 0 Å². The fraction of sp³-hybridized carbons (Fsp3) is 0.824. The van der Waals surface area contributed by atoms with Crippen molar-refractivity contribution < 1.29 is 0 Å². The van der Waals surface area contributed by atoms with Crippen LogP contribution in [0.1, 0.15) is 81.0 Å². The first-order valence-corrected chi connectivity index (χ1v) is 8.63. The fourth-order valence-corrected chi connectivity index (χ4v) is 4.48. The highest BCUT2D eigenvalue weighted by molar-refractivity contribution is 5.24. The van der Waals surface area contributed by atoms with E-state index in [1.54, 1.807) is 5.69 Å². The second-order valence-electron chi connectivity index (χ2n) is 7.23. The van der Waals surface area contributed by atoms with Gasteiger partial charge in [0.05, 0.1) is 5.69 Å². The lowest BCUT2D eigenvalue weighted by molar-refractivity contribution is 0.202. The zero-order chi connectivity index (χ0) is 13.5. The molecule has 2 saturated carbocycles. The minimum Gasteiger partial charge on any atom is -0.328 e. The van der Waals surface area contributed by atoms with Crippen LogP contribution < -0.4 is 5.32 Å². The summed E-state index contributed by atoms with van der Waals surface area (Å²) in [5, 5.41) is 3.49. The van der Waals surface area contributed by atoms with Crippen LogP contribution in [0, 0.1) is 5.92 Å². The summed E-state index contributed by atoms with van der Waals surface area (Å²) < 4.78 is 2.70. The van der Waals surface area contributed by atoms with Crippen molar-refractivity contribution >= 4 is 0 Å². The summed E-state index contributed by atoms with van der Waals surface area (Å²) >= 11 is 0. The van der Waals surface area contributed by atoms with Crippen molar-refractivity contribution in [2.75, 3.05) is 6.54 Å². The second-order valence-corrected chi connectivity index (χ2v) is 7.23. The number of hydrogen-bond acceptors (Lipinski definition) is 2. The van der Waals surface area contributed by atoms with E-state index < -0.39 is 0 Å². The molecule has 110 valence electrons. The van der Waals surface area contributed by atoms with Crippen molar-refractivity contribution in [1.82, 2.24) is 14.9 Å². The smallest absolute Gasteiger partial charge is 0.112 e. The van der Waals surface area contributed by atoms with E-state index >= 15 is 0 Å². The van der Waals surface area contributed by atoms with E-state index in [2.05, 4.69) is 16.8 Å². The summed E-state index contributed by atoms with van der Waals surface area (Å²) in [5.74, 6) is 3.11. The van der Waals surface area contributed by atoms with E-state index in [0.29, 0.717) is 0 Å². The molecule has 2 fully saturated rings. The molecule has 20 heavy (non-hydrogen) atoms. The maximum absolute atomic E-state index is 5.10. The Labute approximate surface area is 122 Å². The van der Waals surface area contributed by atoms with Gasteiger partial charge in [0.15, 0.2) is 0 Å². The predicted molar refractivity (Wildman–Crippen MR) is 80.9 cm³/mol. The second kappa shape index (κ2) is 5.18. The van der Waals surface area contributed by atoms with Gasteiger partial charge in [0.25, 0.3) is 0 Å². The fourth-order valence-electron chi connectivity index (χ4n) is 4.48. The van der Waals surface area contributed by atoms with Crippen LogP contribution in [0.3, 0.4) is 0 Å². The van der Waals surface area contributed by atoms with Gasteiger partial charge < -0.3 is 9.88 Å². The lowest BCUT2D eigenvalue weighted by Gasteiger charge is -2.37. The van der Waals surface area contributed by atoms with Gasteiger partial charge in [0.1, 0.15) is 5.82 Å². The maximum atomic E-state index is 5.10. The average molecular weight is 273 g/mol. The Kier molecular flexibility index (Phi) is 3.33. The van der Waals surface area contributed by atoms with Crippen LogP contribution in [0.4, 0.5) is 0 Å². The van der Waals surface area contributed by atoms with Gasteiger partial charge in [-0.2, -0.15) is 0 Å². The van der Waals surface area contributed by atoms with Gasteiger partial charge in [-0.15, -0.1) is 0 Å². The van der Waals surface area contributed by atoms with Gasteiger partial charge in [0, 0.05) is 37.2 Å². The molecule has 0 unspecified atom stereocenters. The standard InChI is InChI=1S/C17H27N3/c1-12-9-14(10-12)20-16-7-8-18-11-15(16)19-17(20)13-5-3-2-4-6-13/h12-14,18H,2-11H2,1H3. The lowest BCUT2D eigenvalue weighted by atomic mass is 9.80. The van der Waals surface area contributed by atoms with Crippen molar-refractivity contribution in [2.24, 2.45) is 5.92 Å². The molecule has 0 radical (unpaired) electrons. The molecule has 0 bridgehead atoms. The van der Waals surface area contributed by atoms with Crippen LogP contribution in [0.25, 0.3) is 0 Å². The van der Waals surface area contributed by atoms with E-state index in [9.17, 15) is 0 Å². The molecule has 3 nitrogen and oxygen atoms in total. The molecule has 0 aromatic carbocycles. The zero-order valence-electron chi connectivity index (χ0n) is 12.7. The van der Waals surface area contributed by atoms with Crippen molar-refractivity contribution in [3.05, 3.63) is 17.2 Å². The third-order valence-corrected chi connectivity index (χ3v) is 5.64. The Balaban J connectivity index is 1.70. The third-order valence-electron chi connectivity index (χ3n) is 5.64. The molecule has 1 N–H and O–H groups in total. The van der Waals surface area contributed by atoms with Gasteiger partial charge in [-0.3, -0.25) is 0 Å². The van der Waals surface area contributed by atoms with Gasteiger partial charge in [-0.05, 0) is 31.6 Å². The van der Waals surface area contributed by atoms with Gasteiger partial charge in [-0.25, -0.2) is 4.98 Å². The lowest BCUT2D eigenvalue weighted by Crippen LogP contribution is -2.31. The number of imidazole rings is 1. The number of rotatable bonds is 2. The highest BCUT2D eigenvalue weighted by atomic mass is 15.2. The number of nitrogens with zero attached hydrogens (tertiary/aromatic N) is 2. The van der Waals surface area contributed by atoms with Crippen LogP contribution in [-0.2, 0) is 13.0 Å². The summed E-state index contributed by atoms with van der Waals surface area (Å²) in [6, 6.07) is 0.760. The quantitative estimate of drug-likeness (QED) is 0.893. The highest BCUT2D eigenvalue weighted by Crippen LogP contribution is 2.43. The highest BCUT2D eigenvalue weighted by Gasteiger charge is 2.34. The molecule has 3 aliphatic rings. The van der Waals surface area contributed by atoms with Crippen LogP contribution in [0.2, 0.25) is 0 Å². The molecular weight excluding hydrogens is 246 g/mol. The summed E-state index contributed by atoms with van der Waals surface area (Å²) in [7, 11) is 0. The maximum Gasteiger partial charge on any atom is 0.112 e. The molecule has 1 aromatic rings. The van der Waals surface area contributed by atoms with Crippen LogP contribution in [-0.4, -0.2) is 16.1 Å². The molecule has 0 atom stereocenters. The van der Waals surface area contributed by atoms with Gasteiger partial charge >= 0.3 is 0 Å². The first-order chi connectivity index (χ1) is 9.83. The molecule has 2 aliphatic carbocycles. The van der Waals surface area contributed by atoms with E-state index in [-0.39, 0.29) is 0 Å². The topological polar surface area (TPSA) is 29.9 Å². The van der Waals surface area contributed by atoms with E-state index in [4.69, 9.17) is 4.98 Å². The first-order valence-electron chi connectivity index (χ1n) is 8.63. The molecule has 0 amide bonds. The average Bonchev–Trinajstić information content (AvgIpc) is 2.84. The van der Waals surface area contributed by atoms with Crippen LogP contribution in [0.15, 0.2) is 0 Å². The molecule has 4 rings (SSSR count). The summed E-state index contributed by atoms with van der Waals surface area (Å²) in [6.45, 7) is 4.51. The van der Waals surface area contributed by atoms with Crippen molar-refractivity contribution in [3.8, 4) is 0 Å². The van der Waals surface area contributed by atoms with E-state index in [0.717, 1.165) is 31.0 Å². The molecule has 1 aromatic heterocycles. The van der Waals surface area contributed by atoms with E-state index in [1.165, 1.54) is 62.9 Å². The van der Waals surface area contributed by atoms with Crippen molar-refractivity contribution in [3.63, 3.8) is 0 Å². The van der Waals surface area contributed by atoms with E-state index in [1.807, 2.05) is 0 Å². The molecule has 1 aliphatic heterocycles. The van der Waals surface area contributed by atoms with Gasteiger partial charge in [-0.1, -0.05) is 26.2 Å². The Hall–Kier alpha value is -0.830. The SMILES string of the molecule is CC1CC(n2c(C3CCCCC3)nc3c2CCNC3)C1. The molecule has 0 spiro atoms. The van der Waals surface area contributed by atoms with Crippen LogP contribution in [0.5, 0.6) is 0 Å². The zero-order valence-corrected chi connectivity index (χ0v) is 12.7. The normalized spacial score (nSPS) is 30.9. The summed E-state index contributed by atoms with van der Waals surface area (Å²) in [6.07, 6.45) is 10.9. The Bertz CT molecular complexity index is 479. The minimum absolute atomic E-state index is 0.741. The third kappa shape index (κ3) is 2.11. The molecule has 3 heteroatoms. The summed E-state index contributed by atoms with van der Waals surface area (Å²) in [5.41, 5.74) is 2.93. The monoisotopic (exact) mass is 273 g/mol. The predicted octanol–water partition coefficient (Wildman–Crippen LogP) is 3.55. The van der Waals surface area contributed by atoms with Crippen molar-refractivity contribution in [2.45, 2.75) is 76.8 Å². The molecular formula is C17H27N3. The van der Waals surface area contributed by atoms with Crippen LogP contribution >= 0.6 is 0 Å². The molecule has 2 heterocycles. The largest absolute Gasteiger partial charge is 0.328 e. The number of hydrogen-bond donors (Lipinski definition) is 1.